The SMILES string of the molecule is CCOC(=O)c1c(C(F)F)ncc(C(F)(F)F)c1Br. The van der Waals surface area contributed by atoms with E-state index in [-0.39, 0.29) is 12.8 Å². The van der Waals surface area contributed by atoms with E-state index < -0.39 is 39.9 Å². The van der Waals surface area contributed by atoms with E-state index in [4.69, 9.17) is 0 Å². The van der Waals surface area contributed by atoms with Gasteiger partial charge in [-0.2, -0.15) is 13.2 Å². The number of esters is 1. The van der Waals surface area contributed by atoms with Crippen LogP contribution in [0.25, 0.3) is 0 Å². The van der Waals surface area contributed by atoms with Crippen LogP contribution >= 0.6 is 15.9 Å². The highest BCUT2D eigenvalue weighted by Crippen LogP contribution is 2.38. The highest BCUT2D eigenvalue weighted by atomic mass is 79.9. The molecular weight excluding hydrogens is 341 g/mol. The maximum atomic E-state index is 12.7. The summed E-state index contributed by atoms with van der Waals surface area (Å²) in [6.07, 6.45) is -7.78. The van der Waals surface area contributed by atoms with Gasteiger partial charge in [0.1, 0.15) is 11.3 Å². The van der Waals surface area contributed by atoms with Crippen molar-refractivity contribution in [3.63, 3.8) is 0 Å². The predicted molar refractivity (Wildman–Crippen MR) is 57.9 cm³/mol. The van der Waals surface area contributed by atoms with Gasteiger partial charge in [-0.15, -0.1) is 0 Å². The Labute approximate surface area is 112 Å². The number of carbonyl (C=O) groups is 1. The van der Waals surface area contributed by atoms with Crippen LogP contribution in [-0.2, 0) is 10.9 Å². The van der Waals surface area contributed by atoms with E-state index in [9.17, 15) is 26.7 Å². The number of rotatable bonds is 3. The zero-order valence-electron chi connectivity index (χ0n) is 9.39. The van der Waals surface area contributed by atoms with Crippen molar-refractivity contribution in [2.75, 3.05) is 6.61 Å². The first kappa shape index (κ1) is 15.8. The fraction of sp³-hybridized carbons (Fsp3) is 0.400. The van der Waals surface area contributed by atoms with Gasteiger partial charge in [0.05, 0.1) is 12.2 Å². The molecule has 3 nitrogen and oxygen atoms in total. The summed E-state index contributed by atoms with van der Waals surface area (Å²) in [5, 5.41) is 0. The summed E-state index contributed by atoms with van der Waals surface area (Å²) in [4.78, 5) is 14.5. The predicted octanol–water partition coefficient (Wildman–Crippen LogP) is 3.98. The van der Waals surface area contributed by atoms with Gasteiger partial charge in [0.2, 0.25) is 0 Å². The molecule has 0 aliphatic rings. The molecule has 0 atom stereocenters. The van der Waals surface area contributed by atoms with Crippen LogP contribution in [0.1, 0.15) is 35.0 Å². The molecule has 0 radical (unpaired) electrons. The van der Waals surface area contributed by atoms with E-state index in [1.54, 1.807) is 0 Å². The smallest absolute Gasteiger partial charge is 0.419 e. The van der Waals surface area contributed by atoms with Crippen LogP contribution in [0.15, 0.2) is 10.7 Å². The van der Waals surface area contributed by atoms with Crippen molar-refractivity contribution in [1.29, 1.82) is 0 Å². The molecular formula is C10H7BrF5NO2. The van der Waals surface area contributed by atoms with Gasteiger partial charge in [0, 0.05) is 10.7 Å². The van der Waals surface area contributed by atoms with E-state index in [2.05, 4.69) is 25.7 Å². The number of alkyl halides is 5. The fourth-order valence-corrected chi connectivity index (χ4v) is 1.96. The summed E-state index contributed by atoms with van der Waals surface area (Å²) in [6, 6.07) is 0. The molecule has 0 unspecified atom stereocenters. The van der Waals surface area contributed by atoms with Crippen molar-refractivity contribution >= 4 is 21.9 Å². The molecule has 19 heavy (non-hydrogen) atoms. The first-order valence-corrected chi connectivity index (χ1v) is 5.70. The Morgan fingerprint density at radius 1 is 1.47 bits per heavy atom. The Morgan fingerprint density at radius 3 is 2.47 bits per heavy atom. The van der Waals surface area contributed by atoms with E-state index >= 15 is 0 Å². The lowest BCUT2D eigenvalue weighted by atomic mass is 10.1. The molecule has 0 aliphatic carbocycles. The summed E-state index contributed by atoms with van der Waals surface area (Å²) >= 11 is 2.51. The van der Waals surface area contributed by atoms with Crippen LogP contribution in [-0.4, -0.2) is 17.6 Å². The lowest BCUT2D eigenvalue weighted by molar-refractivity contribution is -0.138. The topological polar surface area (TPSA) is 39.2 Å². The Morgan fingerprint density at radius 2 is 2.05 bits per heavy atom. The highest BCUT2D eigenvalue weighted by molar-refractivity contribution is 9.10. The number of nitrogens with zero attached hydrogens (tertiary/aromatic N) is 1. The molecule has 1 heterocycles. The van der Waals surface area contributed by atoms with Gasteiger partial charge in [-0.05, 0) is 22.9 Å². The van der Waals surface area contributed by atoms with Gasteiger partial charge in [-0.25, -0.2) is 13.6 Å². The normalized spacial score (nSPS) is 11.8. The van der Waals surface area contributed by atoms with E-state index in [0.29, 0.717) is 0 Å². The molecule has 0 N–H and O–H groups in total. The molecule has 0 saturated carbocycles. The Kier molecular flexibility index (Phi) is 4.83. The largest absolute Gasteiger partial charge is 0.462 e. The van der Waals surface area contributed by atoms with Gasteiger partial charge < -0.3 is 4.74 Å². The summed E-state index contributed by atoms with van der Waals surface area (Å²) in [7, 11) is 0. The third kappa shape index (κ3) is 3.40. The maximum Gasteiger partial charge on any atom is 0.419 e. The van der Waals surface area contributed by atoms with Crippen molar-refractivity contribution in [2.24, 2.45) is 0 Å². The standard InChI is InChI=1S/C10H7BrF5NO2/c1-2-19-9(18)5-6(11)4(10(14,15)16)3-17-7(5)8(12)13/h3,8H,2H2,1H3. The second kappa shape index (κ2) is 5.81. The quantitative estimate of drug-likeness (QED) is 0.613. The average Bonchev–Trinajstić information content (AvgIpc) is 2.26. The molecule has 1 aromatic rings. The second-order valence-corrected chi connectivity index (χ2v) is 4.06. The molecule has 106 valence electrons. The molecule has 0 spiro atoms. The number of carbonyl (C=O) groups excluding carboxylic acids is 1. The average molecular weight is 348 g/mol. The number of pyridine rings is 1. The third-order valence-corrected chi connectivity index (χ3v) is 2.86. The third-order valence-electron chi connectivity index (χ3n) is 2.04. The van der Waals surface area contributed by atoms with Crippen LogP contribution in [0.4, 0.5) is 22.0 Å². The molecule has 0 bridgehead atoms. The number of aromatic nitrogens is 1. The number of hydrogen-bond acceptors (Lipinski definition) is 3. The van der Waals surface area contributed by atoms with Crippen molar-refractivity contribution in [1.82, 2.24) is 4.98 Å². The van der Waals surface area contributed by atoms with E-state index in [1.165, 1.54) is 6.92 Å². The molecule has 0 aromatic carbocycles. The summed E-state index contributed by atoms with van der Waals surface area (Å²) < 4.78 is 66.8. The van der Waals surface area contributed by atoms with E-state index in [0.717, 1.165) is 0 Å². The summed E-state index contributed by atoms with van der Waals surface area (Å²) in [6.45, 7) is 1.24. The Bertz CT molecular complexity index is 490. The highest BCUT2D eigenvalue weighted by Gasteiger charge is 2.37. The van der Waals surface area contributed by atoms with Crippen LogP contribution in [0.2, 0.25) is 0 Å². The number of ether oxygens (including phenoxy) is 1. The summed E-state index contributed by atoms with van der Waals surface area (Å²) in [5.41, 5.74) is -3.29. The Balaban J connectivity index is 3.49. The molecule has 9 heteroatoms. The van der Waals surface area contributed by atoms with Gasteiger partial charge in [0.15, 0.2) is 0 Å². The van der Waals surface area contributed by atoms with Crippen LogP contribution in [0, 0.1) is 0 Å². The second-order valence-electron chi connectivity index (χ2n) is 3.27. The van der Waals surface area contributed by atoms with Crippen LogP contribution in [0.3, 0.4) is 0 Å². The molecule has 1 rings (SSSR count). The molecule has 0 amide bonds. The number of hydrogen-bond donors (Lipinski definition) is 0. The lowest BCUT2D eigenvalue weighted by Gasteiger charge is -2.14. The first-order valence-electron chi connectivity index (χ1n) is 4.91. The monoisotopic (exact) mass is 347 g/mol. The van der Waals surface area contributed by atoms with Crippen molar-refractivity contribution < 1.29 is 31.5 Å². The molecule has 0 aliphatic heterocycles. The molecule has 1 aromatic heterocycles. The fourth-order valence-electron chi connectivity index (χ4n) is 1.26. The van der Waals surface area contributed by atoms with Gasteiger partial charge in [-0.3, -0.25) is 4.98 Å². The van der Waals surface area contributed by atoms with Crippen molar-refractivity contribution in [3.05, 3.63) is 27.5 Å². The molecule has 0 saturated heterocycles. The van der Waals surface area contributed by atoms with Gasteiger partial charge >= 0.3 is 12.1 Å². The van der Waals surface area contributed by atoms with E-state index in [1.807, 2.05) is 0 Å². The maximum absolute atomic E-state index is 12.7. The van der Waals surface area contributed by atoms with Crippen LogP contribution < -0.4 is 0 Å². The molecule has 0 fully saturated rings. The minimum Gasteiger partial charge on any atom is -0.462 e. The zero-order valence-corrected chi connectivity index (χ0v) is 11.0. The minimum atomic E-state index is -4.83. The van der Waals surface area contributed by atoms with Gasteiger partial charge in [-0.1, -0.05) is 0 Å². The number of halogens is 6. The zero-order chi connectivity index (χ0) is 14.8. The summed E-state index contributed by atoms with van der Waals surface area (Å²) in [5.74, 6) is -1.29. The van der Waals surface area contributed by atoms with Gasteiger partial charge in [0.25, 0.3) is 6.43 Å². The Hall–Kier alpha value is -1.25. The first-order chi connectivity index (χ1) is 8.70. The van der Waals surface area contributed by atoms with Crippen LogP contribution in [0.5, 0.6) is 0 Å². The van der Waals surface area contributed by atoms with Crippen molar-refractivity contribution in [3.8, 4) is 0 Å². The lowest BCUT2D eigenvalue weighted by Crippen LogP contribution is -2.16. The minimum absolute atomic E-state index is 0.163. The van der Waals surface area contributed by atoms with Crippen molar-refractivity contribution in [2.45, 2.75) is 19.5 Å².